The monoisotopic (exact) mass is 355 g/mol. The fourth-order valence-electron chi connectivity index (χ4n) is 1.56. The summed E-state index contributed by atoms with van der Waals surface area (Å²) in [6, 6.07) is 8.96. The lowest BCUT2D eigenvalue weighted by Gasteiger charge is -2.06. The fourth-order valence-corrected chi connectivity index (χ4v) is 2.18. The molecule has 0 aliphatic carbocycles. The Balaban J connectivity index is 2.06. The van der Waals surface area contributed by atoms with Crippen molar-refractivity contribution in [3.8, 4) is 5.88 Å². The Labute approximate surface area is 129 Å². The summed E-state index contributed by atoms with van der Waals surface area (Å²) in [7, 11) is 1.46. The van der Waals surface area contributed by atoms with E-state index < -0.39 is 0 Å². The summed E-state index contributed by atoms with van der Waals surface area (Å²) in [5.41, 5.74) is 0.880. The maximum absolute atomic E-state index is 11.9. The van der Waals surface area contributed by atoms with Gasteiger partial charge in [-0.15, -0.1) is 0 Å². The smallest absolute Gasteiger partial charge is 0.234 e. The van der Waals surface area contributed by atoms with Gasteiger partial charge in [-0.1, -0.05) is 39.7 Å². The number of ether oxygens (including phenoxy) is 1. The van der Waals surface area contributed by atoms with Crippen molar-refractivity contribution in [2.75, 3.05) is 12.4 Å². The molecule has 2 rings (SSSR count). The molecule has 0 saturated carbocycles. The van der Waals surface area contributed by atoms with Crippen LogP contribution in [0.1, 0.15) is 5.56 Å². The lowest BCUT2D eigenvalue weighted by molar-refractivity contribution is -0.115. The molecule has 0 atom stereocenters. The highest BCUT2D eigenvalue weighted by Crippen LogP contribution is 2.16. The van der Waals surface area contributed by atoms with Gasteiger partial charge in [-0.05, 0) is 17.7 Å². The average Bonchev–Trinajstić information content (AvgIpc) is 2.37. The van der Waals surface area contributed by atoms with Gasteiger partial charge in [-0.25, -0.2) is 4.98 Å². The Hall–Kier alpha value is -1.66. The van der Waals surface area contributed by atoms with E-state index in [1.54, 1.807) is 0 Å². The van der Waals surface area contributed by atoms with E-state index in [-0.39, 0.29) is 23.4 Å². The van der Waals surface area contributed by atoms with E-state index in [0.717, 1.165) is 10.0 Å². The first kappa shape index (κ1) is 14.7. The summed E-state index contributed by atoms with van der Waals surface area (Å²) in [6.07, 6.45) is 0.220. The van der Waals surface area contributed by atoms with Crippen LogP contribution in [0.3, 0.4) is 0 Å². The third-order valence-corrected chi connectivity index (χ3v) is 3.07. The van der Waals surface area contributed by atoms with Crippen molar-refractivity contribution < 1.29 is 9.53 Å². The SMILES string of the molecule is COc1cc(Cl)nc(NC(=O)Cc2cccc(Br)c2)n1. The molecule has 20 heavy (non-hydrogen) atoms. The number of carbonyl (C=O) groups is 1. The lowest BCUT2D eigenvalue weighted by Crippen LogP contribution is -2.16. The molecule has 0 saturated heterocycles. The standard InChI is InChI=1S/C13H11BrClN3O2/c1-20-12-7-10(15)16-13(18-12)17-11(19)6-8-3-2-4-9(14)5-8/h2-5,7H,6H2,1H3,(H,16,17,18,19). The van der Waals surface area contributed by atoms with Gasteiger partial charge < -0.3 is 4.74 Å². The first-order valence-electron chi connectivity index (χ1n) is 5.69. The molecule has 0 radical (unpaired) electrons. The van der Waals surface area contributed by atoms with Crippen LogP contribution >= 0.6 is 27.5 Å². The number of nitrogens with one attached hydrogen (secondary N) is 1. The molecule has 104 valence electrons. The predicted octanol–water partition coefficient (Wildman–Crippen LogP) is 3.08. The number of rotatable bonds is 4. The normalized spacial score (nSPS) is 10.2. The van der Waals surface area contributed by atoms with E-state index in [9.17, 15) is 4.79 Å². The van der Waals surface area contributed by atoms with Gasteiger partial charge in [0.05, 0.1) is 13.5 Å². The van der Waals surface area contributed by atoms with Crippen molar-refractivity contribution in [1.29, 1.82) is 0 Å². The van der Waals surface area contributed by atoms with Crippen LogP contribution in [0.5, 0.6) is 5.88 Å². The van der Waals surface area contributed by atoms with Gasteiger partial charge >= 0.3 is 0 Å². The van der Waals surface area contributed by atoms with E-state index in [4.69, 9.17) is 16.3 Å². The largest absolute Gasteiger partial charge is 0.481 e. The third kappa shape index (κ3) is 4.18. The van der Waals surface area contributed by atoms with Crippen LogP contribution in [-0.2, 0) is 11.2 Å². The Morgan fingerprint density at radius 3 is 2.90 bits per heavy atom. The summed E-state index contributed by atoms with van der Waals surface area (Å²) in [4.78, 5) is 19.8. The third-order valence-electron chi connectivity index (χ3n) is 2.39. The first-order valence-corrected chi connectivity index (χ1v) is 6.87. The molecule has 0 fully saturated rings. The van der Waals surface area contributed by atoms with Crippen LogP contribution in [0, 0.1) is 0 Å². The number of aromatic nitrogens is 2. The molecular weight excluding hydrogens is 346 g/mol. The molecule has 5 nitrogen and oxygen atoms in total. The maximum atomic E-state index is 11.9. The highest BCUT2D eigenvalue weighted by atomic mass is 79.9. The van der Waals surface area contributed by atoms with Crippen molar-refractivity contribution in [3.63, 3.8) is 0 Å². The van der Waals surface area contributed by atoms with E-state index >= 15 is 0 Å². The lowest BCUT2D eigenvalue weighted by atomic mass is 10.1. The Bertz CT molecular complexity index is 637. The number of methoxy groups -OCH3 is 1. The highest BCUT2D eigenvalue weighted by molar-refractivity contribution is 9.10. The van der Waals surface area contributed by atoms with Crippen molar-refractivity contribution in [1.82, 2.24) is 9.97 Å². The summed E-state index contributed by atoms with van der Waals surface area (Å²) >= 11 is 9.16. The molecule has 2 aromatic rings. The number of benzene rings is 1. The predicted molar refractivity (Wildman–Crippen MR) is 80.1 cm³/mol. The molecule has 7 heteroatoms. The second kappa shape index (κ2) is 6.67. The zero-order valence-corrected chi connectivity index (χ0v) is 12.9. The van der Waals surface area contributed by atoms with Crippen LogP contribution in [0.25, 0.3) is 0 Å². The van der Waals surface area contributed by atoms with Gasteiger partial charge in [-0.2, -0.15) is 4.98 Å². The summed E-state index contributed by atoms with van der Waals surface area (Å²) in [5, 5.41) is 2.79. The minimum atomic E-state index is -0.229. The van der Waals surface area contributed by atoms with Gasteiger partial charge in [0.1, 0.15) is 5.15 Å². The van der Waals surface area contributed by atoms with Crippen molar-refractivity contribution >= 4 is 39.4 Å². The summed E-state index contributed by atoms with van der Waals surface area (Å²) in [6.45, 7) is 0. The minimum absolute atomic E-state index is 0.120. The van der Waals surface area contributed by atoms with E-state index in [2.05, 4.69) is 31.2 Å². The van der Waals surface area contributed by atoms with E-state index in [0.29, 0.717) is 5.88 Å². The number of anilines is 1. The number of nitrogens with zero attached hydrogens (tertiary/aromatic N) is 2. The Morgan fingerprint density at radius 1 is 1.40 bits per heavy atom. The van der Waals surface area contributed by atoms with Crippen molar-refractivity contribution in [2.24, 2.45) is 0 Å². The molecule has 1 aromatic carbocycles. The summed E-state index contributed by atoms with van der Waals surface area (Å²) in [5.74, 6) is 0.185. The molecule has 0 aliphatic heterocycles. The fraction of sp³-hybridized carbons (Fsp3) is 0.154. The highest BCUT2D eigenvalue weighted by Gasteiger charge is 2.09. The van der Waals surface area contributed by atoms with Crippen LogP contribution in [0.2, 0.25) is 5.15 Å². The quantitative estimate of drug-likeness (QED) is 0.855. The van der Waals surface area contributed by atoms with Gasteiger partial charge in [0.2, 0.25) is 17.7 Å². The molecule has 1 heterocycles. The van der Waals surface area contributed by atoms with Crippen LogP contribution in [0.15, 0.2) is 34.8 Å². The van der Waals surface area contributed by atoms with E-state index in [1.807, 2.05) is 24.3 Å². The minimum Gasteiger partial charge on any atom is -0.481 e. The van der Waals surface area contributed by atoms with Crippen LogP contribution in [-0.4, -0.2) is 23.0 Å². The zero-order chi connectivity index (χ0) is 14.5. The first-order chi connectivity index (χ1) is 9.56. The Morgan fingerprint density at radius 2 is 2.20 bits per heavy atom. The molecule has 0 aliphatic rings. The number of hydrogen-bond donors (Lipinski definition) is 1. The Kier molecular flexibility index (Phi) is 4.92. The second-order valence-corrected chi connectivity index (χ2v) is 5.21. The molecule has 1 aromatic heterocycles. The van der Waals surface area contributed by atoms with Crippen molar-refractivity contribution in [3.05, 3.63) is 45.5 Å². The van der Waals surface area contributed by atoms with E-state index in [1.165, 1.54) is 13.2 Å². The summed E-state index contributed by atoms with van der Waals surface area (Å²) < 4.78 is 5.88. The second-order valence-electron chi connectivity index (χ2n) is 3.91. The maximum Gasteiger partial charge on any atom is 0.234 e. The number of hydrogen-bond acceptors (Lipinski definition) is 4. The number of carbonyl (C=O) groups excluding carboxylic acids is 1. The topological polar surface area (TPSA) is 64.1 Å². The molecule has 0 unspecified atom stereocenters. The van der Waals surface area contributed by atoms with Gasteiger partial charge in [0.15, 0.2) is 0 Å². The zero-order valence-electron chi connectivity index (χ0n) is 10.6. The van der Waals surface area contributed by atoms with Gasteiger partial charge in [0, 0.05) is 10.5 Å². The molecule has 1 amide bonds. The van der Waals surface area contributed by atoms with Crippen molar-refractivity contribution in [2.45, 2.75) is 6.42 Å². The number of amides is 1. The molecule has 0 bridgehead atoms. The molecule has 0 spiro atoms. The van der Waals surface area contributed by atoms with Crippen LogP contribution in [0.4, 0.5) is 5.95 Å². The molecular formula is C13H11BrClN3O2. The van der Waals surface area contributed by atoms with Crippen LogP contribution < -0.4 is 10.1 Å². The van der Waals surface area contributed by atoms with Gasteiger partial charge in [-0.3, -0.25) is 10.1 Å². The average molecular weight is 357 g/mol. The number of halogens is 2. The molecule has 1 N–H and O–H groups in total. The van der Waals surface area contributed by atoms with Gasteiger partial charge in [0.25, 0.3) is 0 Å².